The zero-order valence-corrected chi connectivity index (χ0v) is 23.9. The van der Waals surface area contributed by atoms with Crippen molar-refractivity contribution in [2.24, 2.45) is 4.99 Å². The number of carbonyl (C=O) groups is 1. The lowest BCUT2D eigenvalue weighted by Crippen LogP contribution is -2.34. The summed E-state index contributed by atoms with van der Waals surface area (Å²) in [5, 5.41) is 7.50. The zero-order valence-electron chi connectivity index (χ0n) is 23.9. The molecule has 11 nitrogen and oxygen atoms in total. The fraction of sp³-hybridized carbons (Fsp3) is 0.226. The predicted molar refractivity (Wildman–Crippen MR) is 161 cm³/mol. The van der Waals surface area contributed by atoms with Crippen LogP contribution in [-0.2, 0) is 11.3 Å². The smallest absolute Gasteiger partial charge is 0.256 e. The Balaban J connectivity index is 1.30. The predicted octanol–water partition coefficient (Wildman–Crippen LogP) is 5.62. The van der Waals surface area contributed by atoms with Crippen molar-refractivity contribution in [3.05, 3.63) is 96.8 Å². The lowest BCUT2D eigenvalue weighted by atomic mass is 10.0. The Labute approximate surface area is 251 Å². The minimum absolute atomic E-state index is 0.0699. The van der Waals surface area contributed by atoms with Gasteiger partial charge in [-0.05, 0) is 62.9 Å². The van der Waals surface area contributed by atoms with Crippen molar-refractivity contribution in [3.63, 3.8) is 0 Å². The Bertz CT molecular complexity index is 1850. The number of aromatic nitrogens is 6. The number of hydrogen-bond donors (Lipinski definition) is 1. The highest BCUT2D eigenvalue weighted by atomic mass is 19.1. The molecular weight excluding hydrogens is 568 g/mol. The number of allylic oxidation sites excluding steroid dienone is 1. The van der Waals surface area contributed by atoms with Gasteiger partial charge in [0.1, 0.15) is 17.8 Å². The second kappa shape index (κ2) is 12.5. The molecule has 1 saturated heterocycles. The van der Waals surface area contributed by atoms with Crippen molar-refractivity contribution >= 4 is 24.1 Å². The van der Waals surface area contributed by atoms with E-state index >= 15 is 0 Å². The van der Waals surface area contributed by atoms with Crippen molar-refractivity contribution in [1.82, 2.24) is 34.0 Å². The molecule has 0 bridgehead atoms. The number of imidazole rings is 2. The number of rotatable bonds is 9. The van der Waals surface area contributed by atoms with Crippen LogP contribution in [0.5, 0.6) is 0 Å². The highest BCUT2D eigenvalue weighted by Gasteiger charge is 2.26. The molecule has 0 aliphatic carbocycles. The maximum absolute atomic E-state index is 13.8. The molecule has 224 valence electrons. The van der Waals surface area contributed by atoms with E-state index in [1.807, 2.05) is 12.4 Å². The molecular formula is C31H29F2N9O2. The van der Waals surface area contributed by atoms with Crippen LogP contribution in [0.15, 0.2) is 94.7 Å². The van der Waals surface area contributed by atoms with E-state index in [4.69, 9.17) is 14.5 Å². The Hall–Kier alpha value is -5.30. The van der Waals surface area contributed by atoms with Crippen LogP contribution in [0.2, 0.25) is 0 Å². The molecule has 1 aliphatic heterocycles. The average Bonchev–Trinajstić information content (AvgIpc) is 3.80. The molecule has 0 saturated carbocycles. The van der Waals surface area contributed by atoms with Crippen LogP contribution in [0.25, 0.3) is 28.3 Å². The largest absolute Gasteiger partial charge is 0.451 e. The summed E-state index contributed by atoms with van der Waals surface area (Å²) in [6, 6.07) is 10.0. The van der Waals surface area contributed by atoms with Gasteiger partial charge in [0, 0.05) is 42.9 Å². The molecule has 1 fully saturated rings. The molecule has 0 spiro atoms. The lowest BCUT2D eigenvalue weighted by Gasteiger charge is -2.32. The third-order valence-corrected chi connectivity index (χ3v) is 7.53. The van der Waals surface area contributed by atoms with Crippen molar-refractivity contribution in [3.8, 4) is 22.6 Å². The summed E-state index contributed by atoms with van der Waals surface area (Å²) in [7, 11) is 0. The van der Waals surface area contributed by atoms with Crippen LogP contribution in [0.3, 0.4) is 0 Å². The number of piperidine rings is 1. The number of carbonyl (C=O) groups excluding carboxylic acids is 1. The Morgan fingerprint density at radius 1 is 1.18 bits per heavy atom. The Morgan fingerprint density at radius 2 is 1.98 bits per heavy atom. The Kier molecular flexibility index (Phi) is 8.19. The Morgan fingerprint density at radius 3 is 2.68 bits per heavy atom. The van der Waals surface area contributed by atoms with Crippen LogP contribution in [0, 0.1) is 5.82 Å². The van der Waals surface area contributed by atoms with Gasteiger partial charge in [-0.1, -0.05) is 6.08 Å². The van der Waals surface area contributed by atoms with Crippen molar-refractivity contribution in [1.29, 1.82) is 0 Å². The summed E-state index contributed by atoms with van der Waals surface area (Å²) in [5.74, 6) is -1.52. The van der Waals surface area contributed by atoms with Crippen molar-refractivity contribution in [2.75, 3.05) is 18.4 Å². The fourth-order valence-electron chi connectivity index (χ4n) is 5.32. The molecule has 1 amide bonds. The molecule has 0 unspecified atom stereocenters. The highest BCUT2D eigenvalue weighted by Crippen LogP contribution is 2.35. The number of hydrogen-bond acceptors (Lipinski definition) is 8. The van der Waals surface area contributed by atoms with Gasteiger partial charge in [-0.25, -0.2) is 28.9 Å². The number of likely N-dealkylation sites (tertiary alicyclic amines) is 1. The van der Waals surface area contributed by atoms with Gasteiger partial charge in [-0.15, -0.1) is 0 Å². The topological polar surface area (TPSA) is 119 Å². The molecule has 4 aromatic heterocycles. The number of halogens is 2. The van der Waals surface area contributed by atoms with Crippen molar-refractivity contribution < 1.29 is 18.0 Å². The normalized spacial score (nSPS) is 15.2. The molecule has 13 heteroatoms. The zero-order chi connectivity index (χ0) is 30.6. The van der Waals surface area contributed by atoms with E-state index in [0.717, 1.165) is 55.5 Å². The van der Waals surface area contributed by atoms with Gasteiger partial charge >= 0.3 is 0 Å². The second-order valence-corrected chi connectivity index (χ2v) is 10.3. The van der Waals surface area contributed by atoms with Gasteiger partial charge in [-0.3, -0.25) is 9.69 Å². The first kappa shape index (κ1) is 28.8. The van der Waals surface area contributed by atoms with Crippen LogP contribution in [0.1, 0.15) is 31.5 Å². The van der Waals surface area contributed by atoms with Gasteiger partial charge in [0.05, 0.1) is 29.6 Å². The van der Waals surface area contributed by atoms with E-state index in [-0.39, 0.29) is 23.3 Å². The second-order valence-electron chi connectivity index (χ2n) is 10.3. The standard InChI is InChI=1S/C31H29F2N9O2/c1-3-20(14-26(33)34-2)31(43)38-27-16-42-28(37-27)9-8-25(39-42)30-29(21-4-6-22(32)7-5-21)35-18-41(30)24-10-12-40(13-11-24)15-23-17-44-19-36-23/h3-9,14,16-19,24H,2,10-13,15H2,1H3,(H,38,43)/b20-3+,26-14-. The minimum atomic E-state index is -0.872. The third-order valence-electron chi connectivity index (χ3n) is 7.53. The van der Waals surface area contributed by atoms with E-state index < -0.39 is 11.9 Å². The lowest BCUT2D eigenvalue weighted by molar-refractivity contribution is -0.112. The number of benzene rings is 1. The maximum Gasteiger partial charge on any atom is 0.256 e. The maximum atomic E-state index is 13.8. The molecule has 5 aromatic rings. The van der Waals surface area contributed by atoms with Crippen molar-refractivity contribution in [2.45, 2.75) is 32.4 Å². The van der Waals surface area contributed by atoms with Gasteiger partial charge in [0.15, 0.2) is 17.9 Å². The summed E-state index contributed by atoms with van der Waals surface area (Å²) in [5.41, 5.74) is 4.33. The summed E-state index contributed by atoms with van der Waals surface area (Å²) in [6.45, 7) is 7.20. The SMILES string of the molecule is C=N/C(F)=C\C(=C/C)C(=O)Nc1cn2nc(-c3c(-c4ccc(F)cc4)ncn3C3CCN(Cc4cocn4)CC3)ccc2n1. The summed E-state index contributed by atoms with van der Waals surface area (Å²) >= 11 is 0. The number of anilines is 1. The van der Waals surface area contributed by atoms with Gasteiger partial charge in [-0.2, -0.15) is 9.49 Å². The summed E-state index contributed by atoms with van der Waals surface area (Å²) in [6.07, 6.45) is 10.7. The molecule has 0 atom stereocenters. The average molecular weight is 598 g/mol. The number of aliphatic imine (C=N–C) groups is 1. The van der Waals surface area contributed by atoms with E-state index in [0.29, 0.717) is 17.0 Å². The first-order valence-electron chi connectivity index (χ1n) is 14.0. The number of nitrogens with one attached hydrogen (secondary N) is 1. The van der Waals surface area contributed by atoms with Crippen LogP contribution < -0.4 is 5.32 Å². The van der Waals surface area contributed by atoms with Crippen LogP contribution >= 0.6 is 0 Å². The monoisotopic (exact) mass is 597 g/mol. The van der Waals surface area contributed by atoms with Gasteiger partial charge in [0.2, 0.25) is 5.95 Å². The minimum Gasteiger partial charge on any atom is -0.451 e. The molecule has 1 aromatic carbocycles. The number of amides is 1. The molecule has 1 N–H and O–H groups in total. The first-order valence-corrected chi connectivity index (χ1v) is 14.0. The molecule has 1 aliphatic rings. The van der Waals surface area contributed by atoms with Gasteiger partial charge in [0.25, 0.3) is 5.91 Å². The number of oxazole rings is 1. The fourth-order valence-corrected chi connectivity index (χ4v) is 5.32. The van der Waals surface area contributed by atoms with Gasteiger partial charge < -0.3 is 14.3 Å². The first-order chi connectivity index (χ1) is 21.4. The summed E-state index contributed by atoms with van der Waals surface area (Å²) < 4.78 is 36.2. The number of nitrogens with zero attached hydrogens (tertiary/aromatic N) is 8. The number of fused-ring (bicyclic) bond motifs is 1. The quantitative estimate of drug-likeness (QED) is 0.101. The third kappa shape index (κ3) is 6.08. The summed E-state index contributed by atoms with van der Waals surface area (Å²) in [4.78, 5) is 31.7. The molecule has 44 heavy (non-hydrogen) atoms. The van der Waals surface area contributed by atoms with Crippen LogP contribution in [-0.4, -0.2) is 59.7 Å². The van der Waals surface area contributed by atoms with Crippen LogP contribution in [0.4, 0.5) is 14.6 Å². The molecule has 0 radical (unpaired) electrons. The highest BCUT2D eigenvalue weighted by molar-refractivity contribution is 6.05. The van der Waals surface area contributed by atoms with E-state index in [1.165, 1.54) is 24.6 Å². The molecule has 5 heterocycles. The van der Waals surface area contributed by atoms with E-state index in [2.05, 4.69) is 36.5 Å². The van der Waals surface area contributed by atoms with E-state index in [9.17, 15) is 13.6 Å². The molecule has 6 rings (SSSR count). The van der Waals surface area contributed by atoms with E-state index in [1.54, 1.807) is 42.1 Å².